The summed E-state index contributed by atoms with van der Waals surface area (Å²) in [5.74, 6) is 0.522. The lowest BCUT2D eigenvalue weighted by molar-refractivity contribution is -0.116. The zero-order valence-corrected chi connectivity index (χ0v) is 12.3. The Hall–Kier alpha value is -1.07. The quantitative estimate of drug-likeness (QED) is 0.864. The van der Waals surface area contributed by atoms with Gasteiger partial charge in [-0.1, -0.05) is 42.2 Å². The molecular weight excluding hydrogens is 264 g/mol. The van der Waals surface area contributed by atoms with Crippen molar-refractivity contribution in [1.82, 2.24) is 5.32 Å². The van der Waals surface area contributed by atoms with Crippen LogP contribution in [0, 0.1) is 0 Å². The van der Waals surface area contributed by atoms with Crippen LogP contribution < -0.4 is 10.2 Å². The molecule has 0 radical (unpaired) electrons. The summed E-state index contributed by atoms with van der Waals surface area (Å²) in [6, 6.07) is 10.5. The van der Waals surface area contributed by atoms with E-state index in [1.807, 2.05) is 6.07 Å². The molecule has 1 aliphatic rings. The maximum atomic E-state index is 10.2. The van der Waals surface area contributed by atoms with Gasteiger partial charge in [0.2, 0.25) is 5.91 Å². The molecule has 98 valence electrons. The SMILES string of the molecule is CCN(CC)c1ccccc1.O=C1CSC(=S)N1. The summed E-state index contributed by atoms with van der Waals surface area (Å²) in [5, 5.41) is 2.47. The highest BCUT2D eigenvalue weighted by atomic mass is 32.2. The van der Waals surface area contributed by atoms with E-state index >= 15 is 0 Å². The third kappa shape index (κ3) is 5.06. The van der Waals surface area contributed by atoms with E-state index in [9.17, 15) is 4.79 Å². The van der Waals surface area contributed by atoms with Crippen molar-refractivity contribution in [3.8, 4) is 0 Å². The highest BCUT2D eigenvalue weighted by Gasteiger charge is 2.13. The molecule has 0 unspecified atom stereocenters. The van der Waals surface area contributed by atoms with Gasteiger partial charge >= 0.3 is 0 Å². The molecule has 1 fully saturated rings. The van der Waals surface area contributed by atoms with Gasteiger partial charge in [0.15, 0.2) is 0 Å². The van der Waals surface area contributed by atoms with E-state index in [0.717, 1.165) is 13.1 Å². The van der Waals surface area contributed by atoms with Crippen LogP contribution in [0.1, 0.15) is 13.8 Å². The zero-order chi connectivity index (χ0) is 13.4. The van der Waals surface area contributed by atoms with E-state index in [1.165, 1.54) is 17.4 Å². The van der Waals surface area contributed by atoms with Crippen LogP contribution in [0.2, 0.25) is 0 Å². The van der Waals surface area contributed by atoms with E-state index < -0.39 is 0 Å². The van der Waals surface area contributed by atoms with Gasteiger partial charge in [-0.05, 0) is 26.0 Å². The molecule has 1 heterocycles. The number of thioether (sulfide) groups is 1. The van der Waals surface area contributed by atoms with Crippen LogP contribution >= 0.6 is 24.0 Å². The molecule has 1 N–H and O–H groups in total. The Morgan fingerprint density at radius 2 is 1.89 bits per heavy atom. The van der Waals surface area contributed by atoms with Crippen molar-refractivity contribution in [3.63, 3.8) is 0 Å². The third-order valence-electron chi connectivity index (χ3n) is 2.46. The average Bonchev–Trinajstić information content (AvgIpc) is 2.77. The number of carbonyl (C=O) groups excluding carboxylic acids is 1. The number of nitrogens with zero attached hydrogens (tertiary/aromatic N) is 1. The lowest BCUT2D eigenvalue weighted by Gasteiger charge is -2.20. The van der Waals surface area contributed by atoms with Gasteiger partial charge in [-0.3, -0.25) is 4.79 Å². The van der Waals surface area contributed by atoms with Gasteiger partial charge in [0.25, 0.3) is 0 Å². The molecule has 1 saturated heterocycles. The van der Waals surface area contributed by atoms with Crippen molar-refractivity contribution < 1.29 is 4.79 Å². The maximum absolute atomic E-state index is 10.2. The van der Waals surface area contributed by atoms with Gasteiger partial charge in [0.1, 0.15) is 4.32 Å². The van der Waals surface area contributed by atoms with Gasteiger partial charge in [-0.2, -0.15) is 0 Å². The summed E-state index contributed by atoms with van der Waals surface area (Å²) in [7, 11) is 0. The number of benzene rings is 1. The Morgan fingerprint density at radius 1 is 1.28 bits per heavy atom. The van der Waals surface area contributed by atoms with Crippen LogP contribution in [0.3, 0.4) is 0 Å². The first-order chi connectivity index (χ1) is 8.67. The van der Waals surface area contributed by atoms with Crippen molar-refractivity contribution in [2.24, 2.45) is 0 Å². The summed E-state index contributed by atoms with van der Waals surface area (Å²) < 4.78 is 0.602. The average molecular weight is 282 g/mol. The van der Waals surface area contributed by atoms with Gasteiger partial charge < -0.3 is 10.2 Å². The molecule has 0 aromatic heterocycles. The van der Waals surface area contributed by atoms with E-state index in [4.69, 9.17) is 0 Å². The van der Waals surface area contributed by atoms with Crippen molar-refractivity contribution in [2.45, 2.75) is 13.8 Å². The molecule has 0 spiro atoms. The Balaban J connectivity index is 0.000000199. The predicted octanol–water partition coefficient (Wildman–Crippen LogP) is 2.67. The Bertz CT molecular complexity index is 377. The van der Waals surface area contributed by atoms with Crippen LogP contribution in [0.15, 0.2) is 30.3 Å². The van der Waals surface area contributed by atoms with Crippen LogP contribution in [-0.4, -0.2) is 29.1 Å². The smallest absolute Gasteiger partial charge is 0.235 e. The number of amides is 1. The Labute approximate surface area is 118 Å². The molecule has 2 rings (SSSR count). The van der Waals surface area contributed by atoms with Crippen molar-refractivity contribution in [1.29, 1.82) is 0 Å². The van der Waals surface area contributed by atoms with E-state index in [2.05, 4.69) is 60.5 Å². The third-order valence-corrected chi connectivity index (χ3v) is 3.69. The molecular formula is C13H18N2OS2. The molecule has 1 aromatic carbocycles. The van der Waals surface area contributed by atoms with Crippen LogP contribution in [0.5, 0.6) is 0 Å². The first kappa shape index (κ1) is 15.0. The minimum atomic E-state index is 0.0231. The molecule has 5 heteroatoms. The lowest BCUT2D eigenvalue weighted by atomic mass is 10.3. The number of para-hydroxylation sites is 1. The van der Waals surface area contributed by atoms with Crippen molar-refractivity contribution in [2.75, 3.05) is 23.7 Å². The number of nitrogens with one attached hydrogen (secondary N) is 1. The molecule has 1 amide bonds. The van der Waals surface area contributed by atoms with Crippen molar-refractivity contribution in [3.05, 3.63) is 30.3 Å². The van der Waals surface area contributed by atoms with Gasteiger partial charge in [-0.25, -0.2) is 0 Å². The van der Waals surface area contributed by atoms with Crippen molar-refractivity contribution >= 4 is 39.9 Å². The molecule has 18 heavy (non-hydrogen) atoms. The van der Waals surface area contributed by atoms with Gasteiger partial charge in [-0.15, -0.1) is 0 Å². The lowest BCUT2D eigenvalue weighted by Crippen LogP contribution is -2.21. The van der Waals surface area contributed by atoms with Gasteiger partial charge in [0.05, 0.1) is 5.75 Å². The fraction of sp³-hybridized carbons (Fsp3) is 0.385. The highest BCUT2D eigenvalue weighted by molar-refractivity contribution is 8.24. The first-order valence-corrected chi connectivity index (χ1v) is 7.33. The second kappa shape index (κ2) is 8.11. The van der Waals surface area contributed by atoms with Crippen LogP contribution in [-0.2, 0) is 4.79 Å². The topological polar surface area (TPSA) is 32.3 Å². The predicted molar refractivity (Wildman–Crippen MR) is 83.2 cm³/mol. The van der Waals surface area contributed by atoms with Gasteiger partial charge in [0, 0.05) is 18.8 Å². The highest BCUT2D eigenvalue weighted by Crippen LogP contribution is 2.11. The van der Waals surface area contributed by atoms with E-state index in [0.29, 0.717) is 10.1 Å². The largest absolute Gasteiger partial charge is 0.372 e. The minimum absolute atomic E-state index is 0.0231. The Morgan fingerprint density at radius 3 is 2.22 bits per heavy atom. The molecule has 1 aliphatic heterocycles. The van der Waals surface area contributed by atoms with Crippen LogP contribution in [0.4, 0.5) is 5.69 Å². The number of carbonyl (C=O) groups is 1. The number of anilines is 1. The molecule has 0 atom stereocenters. The molecule has 0 aliphatic carbocycles. The second-order valence-corrected chi connectivity index (χ2v) is 5.28. The van der Waals surface area contributed by atoms with Crippen LogP contribution in [0.25, 0.3) is 0 Å². The minimum Gasteiger partial charge on any atom is -0.372 e. The summed E-state index contributed by atoms with van der Waals surface area (Å²) in [6.07, 6.45) is 0. The van der Waals surface area contributed by atoms with E-state index in [-0.39, 0.29) is 5.91 Å². The summed E-state index contributed by atoms with van der Waals surface area (Å²) >= 11 is 6.00. The maximum Gasteiger partial charge on any atom is 0.235 e. The standard InChI is InChI=1S/C10H15N.C3H3NOS2/c1-3-11(4-2)10-8-6-5-7-9-10;5-2-1-7-3(6)4-2/h5-9H,3-4H2,1-2H3;1H2,(H,4,5,6). The monoisotopic (exact) mass is 282 g/mol. The fourth-order valence-corrected chi connectivity index (χ4v) is 2.36. The fourth-order valence-electron chi connectivity index (χ4n) is 1.54. The summed E-state index contributed by atoms with van der Waals surface area (Å²) in [4.78, 5) is 12.6. The summed E-state index contributed by atoms with van der Waals surface area (Å²) in [5.41, 5.74) is 1.32. The number of hydrogen-bond donors (Lipinski definition) is 1. The number of thiocarbonyl (C=S) groups is 1. The molecule has 0 saturated carbocycles. The zero-order valence-electron chi connectivity index (χ0n) is 10.7. The molecule has 0 bridgehead atoms. The normalized spacial score (nSPS) is 13.7. The number of hydrogen-bond acceptors (Lipinski definition) is 4. The molecule has 1 aromatic rings. The van der Waals surface area contributed by atoms with E-state index in [1.54, 1.807) is 0 Å². The number of rotatable bonds is 3. The Kier molecular flexibility index (Phi) is 6.75. The summed E-state index contributed by atoms with van der Waals surface area (Å²) in [6.45, 7) is 6.52. The second-order valence-electron chi connectivity index (χ2n) is 3.63. The first-order valence-electron chi connectivity index (χ1n) is 5.94. The molecule has 3 nitrogen and oxygen atoms in total.